The molecule has 1 aromatic carbocycles. The first kappa shape index (κ1) is 14.0. The van der Waals surface area contributed by atoms with Crippen molar-refractivity contribution in [2.24, 2.45) is 0 Å². The third kappa shape index (κ3) is 3.32. The maximum absolute atomic E-state index is 12.2. The van der Waals surface area contributed by atoms with Gasteiger partial charge in [0.05, 0.1) is 12.1 Å². The Morgan fingerprint density at radius 2 is 2.11 bits per heavy atom. The van der Waals surface area contributed by atoms with Crippen LogP contribution in [-0.4, -0.2) is 15.6 Å². The van der Waals surface area contributed by atoms with E-state index in [-0.39, 0.29) is 5.78 Å². The molecule has 0 atom stereocenters. The minimum atomic E-state index is 0.0841. The summed E-state index contributed by atoms with van der Waals surface area (Å²) in [6.45, 7) is 6.13. The molecule has 0 radical (unpaired) electrons. The molecule has 0 unspecified atom stereocenters. The van der Waals surface area contributed by atoms with Crippen LogP contribution in [0.2, 0.25) is 0 Å². The number of ketones is 1. The number of benzene rings is 1. The van der Waals surface area contributed by atoms with Crippen LogP contribution in [-0.2, 0) is 6.42 Å². The Hall–Kier alpha value is -1.42. The van der Waals surface area contributed by atoms with Gasteiger partial charge in [-0.3, -0.25) is 9.48 Å². The summed E-state index contributed by atoms with van der Waals surface area (Å²) in [5, 5.41) is 4.40. The number of aryl methyl sites for hydroxylation is 1. The molecule has 0 saturated carbocycles. The van der Waals surface area contributed by atoms with Crippen molar-refractivity contribution in [3.8, 4) is 0 Å². The summed E-state index contributed by atoms with van der Waals surface area (Å²) < 4.78 is 2.72. The van der Waals surface area contributed by atoms with E-state index in [1.165, 1.54) is 0 Å². The molecule has 100 valence electrons. The van der Waals surface area contributed by atoms with Crippen molar-refractivity contribution in [2.75, 3.05) is 0 Å². The molecule has 0 amide bonds. The average Bonchev–Trinajstić information content (AvgIpc) is 2.77. The lowest BCUT2D eigenvalue weighted by molar-refractivity contribution is 0.0991. The van der Waals surface area contributed by atoms with E-state index in [2.05, 4.69) is 34.9 Å². The lowest BCUT2D eigenvalue weighted by atomic mass is 10.1. The van der Waals surface area contributed by atoms with Gasteiger partial charge < -0.3 is 0 Å². The summed E-state index contributed by atoms with van der Waals surface area (Å²) in [7, 11) is 0. The van der Waals surface area contributed by atoms with Crippen LogP contribution in [0.5, 0.6) is 0 Å². The summed E-state index contributed by atoms with van der Waals surface area (Å²) in [6, 6.07) is 7.99. The first-order valence-corrected chi connectivity index (χ1v) is 7.10. The van der Waals surface area contributed by atoms with Crippen LogP contribution in [0.4, 0.5) is 0 Å². The maximum Gasteiger partial charge on any atom is 0.170 e. The van der Waals surface area contributed by atoms with Crippen LogP contribution in [0.25, 0.3) is 0 Å². The fourth-order valence-corrected chi connectivity index (χ4v) is 2.58. The Labute approximate surface area is 121 Å². The van der Waals surface area contributed by atoms with Crippen molar-refractivity contribution in [3.63, 3.8) is 0 Å². The summed E-state index contributed by atoms with van der Waals surface area (Å²) in [5.74, 6) is 0.0841. The number of carbonyl (C=O) groups excluding carboxylic acids is 1. The zero-order chi connectivity index (χ0) is 14.0. The molecule has 1 aromatic heterocycles. The van der Waals surface area contributed by atoms with Gasteiger partial charge in [0.15, 0.2) is 5.78 Å². The zero-order valence-electron chi connectivity index (χ0n) is 11.4. The van der Waals surface area contributed by atoms with E-state index in [0.717, 1.165) is 15.7 Å². The van der Waals surface area contributed by atoms with Gasteiger partial charge in [0.1, 0.15) is 0 Å². The van der Waals surface area contributed by atoms with E-state index >= 15 is 0 Å². The Morgan fingerprint density at radius 3 is 2.68 bits per heavy atom. The average molecular weight is 321 g/mol. The highest BCUT2D eigenvalue weighted by Gasteiger charge is 2.13. The predicted molar refractivity (Wildman–Crippen MR) is 79.5 cm³/mol. The second kappa shape index (κ2) is 5.70. The number of hydrogen-bond donors (Lipinski definition) is 0. The molecule has 4 heteroatoms. The van der Waals surface area contributed by atoms with E-state index in [4.69, 9.17) is 0 Å². The van der Waals surface area contributed by atoms with Gasteiger partial charge >= 0.3 is 0 Å². The molecular formula is C15H17BrN2O. The van der Waals surface area contributed by atoms with E-state index in [1.807, 2.05) is 42.1 Å². The van der Waals surface area contributed by atoms with E-state index in [0.29, 0.717) is 18.0 Å². The van der Waals surface area contributed by atoms with E-state index in [9.17, 15) is 4.79 Å². The summed E-state index contributed by atoms with van der Waals surface area (Å²) in [5.41, 5.74) is 2.66. The molecule has 2 aromatic rings. The SMILES string of the molecule is Cc1ccc(C(=O)Cc2ccn(C(C)C)n2)c(Br)c1. The fourth-order valence-electron chi connectivity index (χ4n) is 1.87. The third-order valence-corrected chi connectivity index (χ3v) is 3.62. The van der Waals surface area contributed by atoms with Gasteiger partial charge in [-0.25, -0.2) is 0 Å². The van der Waals surface area contributed by atoms with Gasteiger partial charge in [0, 0.05) is 22.3 Å². The predicted octanol–water partition coefficient (Wildman–Crippen LogP) is 3.96. The standard InChI is InChI=1S/C15H17BrN2O/c1-10(2)18-7-6-12(17-18)9-15(19)13-5-4-11(3)8-14(13)16/h4-8,10H,9H2,1-3H3. The molecule has 0 aliphatic heterocycles. The van der Waals surface area contributed by atoms with Gasteiger partial charge in [0.2, 0.25) is 0 Å². The largest absolute Gasteiger partial charge is 0.294 e. The normalized spacial score (nSPS) is 11.0. The number of rotatable bonds is 4. The smallest absolute Gasteiger partial charge is 0.170 e. The van der Waals surface area contributed by atoms with Crippen molar-refractivity contribution in [2.45, 2.75) is 33.2 Å². The summed E-state index contributed by atoms with van der Waals surface area (Å²) >= 11 is 3.44. The van der Waals surface area contributed by atoms with E-state index in [1.54, 1.807) is 0 Å². The first-order chi connectivity index (χ1) is 8.97. The Bertz CT molecular complexity index is 602. The monoisotopic (exact) mass is 320 g/mol. The van der Waals surface area contributed by atoms with Crippen molar-refractivity contribution >= 4 is 21.7 Å². The van der Waals surface area contributed by atoms with Gasteiger partial charge in [-0.2, -0.15) is 5.10 Å². The van der Waals surface area contributed by atoms with Gasteiger partial charge in [-0.1, -0.05) is 22.0 Å². The number of hydrogen-bond acceptors (Lipinski definition) is 2. The van der Waals surface area contributed by atoms with Crippen LogP contribution in [0.15, 0.2) is 34.9 Å². The maximum atomic E-state index is 12.2. The summed E-state index contributed by atoms with van der Waals surface area (Å²) in [4.78, 5) is 12.2. The van der Waals surface area contributed by atoms with Crippen LogP contribution < -0.4 is 0 Å². The molecule has 0 aliphatic carbocycles. The number of Topliss-reactive ketones (excluding diaryl/α,β-unsaturated/α-hetero) is 1. The Morgan fingerprint density at radius 1 is 1.37 bits per heavy atom. The number of carbonyl (C=O) groups is 1. The van der Waals surface area contributed by atoms with Crippen LogP contribution in [0, 0.1) is 6.92 Å². The Balaban J connectivity index is 2.16. The van der Waals surface area contributed by atoms with Crippen molar-refractivity contribution in [1.29, 1.82) is 0 Å². The van der Waals surface area contributed by atoms with Gasteiger partial charge in [-0.15, -0.1) is 0 Å². The van der Waals surface area contributed by atoms with E-state index < -0.39 is 0 Å². The highest BCUT2D eigenvalue weighted by atomic mass is 79.9. The van der Waals surface area contributed by atoms with Crippen molar-refractivity contribution in [1.82, 2.24) is 9.78 Å². The minimum Gasteiger partial charge on any atom is -0.294 e. The molecule has 19 heavy (non-hydrogen) atoms. The molecule has 0 saturated heterocycles. The molecule has 0 spiro atoms. The van der Waals surface area contributed by atoms with Crippen molar-refractivity contribution in [3.05, 3.63) is 51.8 Å². The number of aromatic nitrogens is 2. The molecule has 0 aliphatic rings. The highest BCUT2D eigenvalue weighted by Crippen LogP contribution is 2.20. The van der Waals surface area contributed by atoms with Gasteiger partial charge in [-0.05, 0) is 44.5 Å². The molecule has 0 fully saturated rings. The quantitative estimate of drug-likeness (QED) is 0.799. The number of nitrogens with zero attached hydrogens (tertiary/aromatic N) is 2. The molecule has 0 bridgehead atoms. The van der Waals surface area contributed by atoms with Crippen LogP contribution >= 0.6 is 15.9 Å². The number of halogens is 1. The molecular weight excluding hydrogens is 304 g/mol. The van der Waals surface area contributed by atoms with Crippen molar-refractivity contribution < 1.29 is 4.79 Å². The molecule has 3 nitrogen and oxygen atoms in total. The Kier molecular flexibility index (Phi) is 4.20. The highest BCUT2D eigenvalue weighted by molar-refractivity contribution is 9.10. The first-order valence-electron chi connectivity index (χ1n) is 6.30. The zero-order valence-corrected chi connectivity index (χ0v) is 12.9. The third-order valence-electron chi connectivity index (χ3n) is 2.96. The lowest BCUT2D eigenvalue weighted by Gasteiger charge is -2.05. The molecule has 1 heterocycles. The molecule has 2 rings (SSSR count). The topological polar surface area (TPSA) is 34.9 Å². The second-order valence-corrected chi connectivity index (χ2v) is 5.82. The lowest BCUT2D eigenvalue weighted by Crippen LogP contribution is -2.07. The van der Waals surface area contributed by atoms with Crippen LogP contribution in [0.3, 0.4) is 0 Å². The minimum absolute atomic E-state index is 0.0841. The van der Waals surface area contributed by atoms with Gasteiger partial charge in [0.25, 0.3) is 0 Å². The fraction of sp³-hybridized carbons (Fsp3) is 0.333. The second-order valence-electron chi connectivity index (χ2n) is 4.96. The molecule has 0 N–H and O–H groups in total. The summed E-state index contributed by atoms with van der Waals surface area (Å²) in [6.07, 6.45) is 2.25. The van der Waals surface area contributed by atoms with Crippen LogP contribution in [0.1, 0.15) is 41.5 Å².